The van der Waals surface area contributed by atoms with E-state index in [0.29, 0.717) is 32.5 Å². The number of alkyl halides is 1. The van der Waals surface area contributed by atoms with Gasteiger partial charge in [0.25, 0.3) is 0 Å². The molecule has 0 aliphatic heterocycles. The first kappa shape index (κ1) is 11.4. The molecule has 0 atom stereocenters. The quantitative estimate of drug-likeness (QED) is 0.439. The highest BCUT2D eigenvalue weighted by atomic mass is 19.1. The van der Waals surface area contributed by atoms with Crippen molar-refractivity contribution in [1.29, 1.82) is 0 Å². The molecule has 0 radical (unpaired) electrons. The standard InChI is InChI=1S/C8H15FO3/c1-2-12-8(10)5-3-4-6-11-7-9/h2-7H2,1H3. The minimum absolute atomic E-state index is 0.197. The van der Waals surface area contributed by atoms with E-state index in [2.05, 4.69) is 4.74 Å². The molecule has 0 unspecified atom stereocenters. The van der Waals surface area contributed by atoms with Gasteiger partial charge in [-0.05, 0) is 19.8 Å². The van der Waals surface area contributed by atoms with Crippen LogP contribution in [0.3, 0.4) is 0 Å². The van der Waals surface area contributed by atoms with Crippen LogP contribution in [0.15, 0.2) is 0 Å². The third-order valence-electron chi connectivity index (χ3n) is 1.30. The SMILES string of the molecule is CCOC(=O)CCCCOCF. The topological polar surface area (TPSA) is 35.5 Å². The number of halogens is 1. The smallest absolute Gasteiger partial charge is 0.305 e. The minimum atomic E-state index is -0.751. The largest absolute Gasteiger partial charge is 0.466 e. The van der Waals surface area contributed by atoms with Gasteiger partial charge in [0.15, 0.2) is 6.86 Å². The summed E-state index contributed by atoms with van der Waals surface area (Å²) in [6.45, 7) is 1.80. The van der Waals surface area contributed by atoms with Crippen LogP contribution in [0.25, 0.3) is 0 Å². The number of esters is 1. The molecule has 72 valence electrons. The van der Waals surface area contributed by atoms with E-state index in [1.54, 1.807) is 6.92 Å². The molecule has 0 rings (SSSR count). The summed E-state index contributed by atoms with van der Waals surface area (Å²) in [6, 6.07) is 0. The van der Waals surface area contributed by atoms with Crippen LogP contribution in [-0.4, -0.2) is 26.0 Å². The molecule has 0 spiro atoms. The number of hydrogen-bond donors (Lipinski definition) is 0. The zero-order chi connectivity index (χ0) is 9.23. The summed E-state index contributed by atoms with van der Waals surface area (Å²) in [6.07, 6.45) is 1.78. The molecule has 0 fully saturated rings. The summed E-state index contributed by atoms with van der Waals surface area (Å²) >= 11 is 0. The molecule has 3 nitrogen and oxygen atoms in total. The van der Waals surface area contributed by atoms with Crippen molar-refractivity contribution in [2.75, 3.05) is 20.1 Å². The lowest BCUT2D eigenvalue weighted by Gasteiger charge is -2.00. The zero-order valence-corrected chi connectivity index (χ0v) is 7.35. The van der Waals surface area contributed by atoms with Crippen LogP contribution in [0.4, 0.5) is 4.39 Å². The highest BCUT2D eigenvalue weighted by Crippen LogP contribution is 1.98. The lowest BCUT2D eigenvalue weighted by Crippen LogP contribution is -2.04. The van der Waals surface area contributed by atoms with Gasteiger partial charge in [-0.3, -0.25) is 4.79 Å². The van der Waals surface area contributed by atoms with E-state index in [-0.39, 0.29) is 5.97 Å². The van der Waals surface area contributed by atoms with Crippen LogP contribution in [0.1, 0.15) is 26.2 Å². The van der Waals surface area contributed by atoms with Crippen molar-refractivity contribution in [3.8, 4) is 0 Å². The molecule has 0 saturated heterocycles. The molecule has 0 heterocycles. The number of unbranched alkanes of at least 4 members (excludes halogenated alkanes) is 1. The molecule has 0 aliphatic rings. The Morgan fingerprint density at radius 1 is 1.42 bits per heavy atom. The molecule has 12 heavy (non-hydrogen) atoms. The van der Waals surface area contributed by atoms with E-state index in [9.17, 15) is 9.18 Å². The third kappa shape index (κ3) is 7.47. The molecule has 0 aromatic heterocycles. The second-order valence-electron chi connectivity index (χ2n) is 2.28. The van der Waals surface area contributed by atoms with Crippen molar-refractivity contribution in [1.82, 2.24) is 0 Å². The van der Waals surface area contributed by atoms with E-state index in [1.807, 2.05) is 0 Å². The van der Waals surface area contributed by atoms with Crippen LogP contribution in [0.2, 0.25) is 0 Å². The Balaban J connectivity index is 3.03. The number of ether oxygens (including phenoxy) is 2. The van der Waals surface area contributed by atoms with Crippen molar-refractivity contribution >= 4 is 5.97 Å². The van der Waals surface area contributed by atoms with Gasteiger partial charge in [0.1, 0.15) is 0 Å². The van der Waals surface area contributed by atoms with Crippen molar-refractivity contribution < 1.29 is 18.7 Å². The fraction of sp³-hybridized carbons (Fsp3) is 0.875. The third-order valence-corrected chi connectivity index (χ3v) is 1.30. The molecular weight excluding hydrogens is 163 g/mol. The number of carbonyl (C=O) groups excluding carboxylic acids is 1. The monoisotopic (exact) mass is 178 g/mol. The maximum Gasteiger partial charge on any atom is 0.305 e. The first-order chi connectivity index (χ1) is 5.81. The average Bonchev–Trinajstić information content (AvgIpc) is 2.05. The molecule has 4 heteroatoms. The predicted octanol–water partition coefficient (Wildman–Crippen LogP) is 1.66. The minimum Gasteiger partial charge on any atom is -0.466 e. The van der Waals surface area contributed by atoms with Crippen molar-refractivity contribution in [2.45, 2.75) is 26.2 Å². The van der Waals surface area contributed by atoms with Crippen LogP contribution in [0, 0.1) is 0 Å². The number of rotatable bonds is 7. The fourth-order valence-corrected chi connectivity index (χ4v) is 0.761. The van der Waals surface area contributed by atoms with Gasteiger partial charge in [0.05, 0.1) is 6.61 Å². The summed E-state index contributed by atoms with van der Waals surface area (Å²) in [4.78, 5) is 10.7. The lowest BCUT2D eigenvalue weighted by molar-refractivity contribution is -0.143. The Morgan fingerprint density at radius 3 is 2.75 bits per heavy atom. The van der Waals surface area contributed by atoms with Gasteiger partial charge in [-0.2, -0.15) is 0 Å². The predicted molar refractivity (Wildman–Crippen MR) is 42.4 cm³/mol. The number of carbonyl (C=O) groups is 1. The maximum absolute atomic E-state index is 11.4. The summed E-state index contributed by atoms with van der Waals surface area (Å²) < 4.78 is 20.5. The number of hydrogen-bond acceptors (Lipinski definition) is 3. The van der Waals surface area contributed by atoms with Gasteiger partial charge < -0.3 is 9.47 Å². The molecular formula is C8H15FO3. The molecule has 0 aliphatic carbocycles. The highest BCUT2D eigenvalue weighted by molar-refractivity contribution is 5.69. The second kappa shape index (κ2) is 8.46. The average molecular weight is 178 g/mol. The molecule has 0 aromatic carbocycles. The van der Waals surface area contributed by atoms with Crippen LogP contribution in [-0.2, 0) is 14.3 Å². The summed E-state index contributed by atoms with van der Waals surface area (Å²) in [5.41, 5.74) is 0. The summed E-state index contributed by atoms with van der Waals surface area (Å²) in [5, 5.41) is 0. The highest BCUT2D eigenvalue weighted by Gasteiger charge is 1.99. The van der Waals surface area contributed by atoms with E-state index >= 15 is 0 Å². The Bertz CT molecular complexity index is 117. The Labute approximate surface area is 71.8 Å². The Kier molecular flexibility index (Phi) is 8.01. The van der Waals surface area contributed by atoms with Crippen LogP contribution >= 0.6 is 0 Å². The van der Waals surface area contributed by atoms with E-state index in [4.69, 9.17) is 4.74 Å². The van der Waals surface area contributed by atoms with Crippen molar-refractivity contribution in [2.24, 2.45) is 0 Å². The molecule has 0 aromatic rings. The van der Waals surface area contributed by atoms with Crippen LogP contribution in [0.5, 0.6) is 0 Å². The van der Waals surface area contributed by atoms with Gasteiger partial charge in [-0.25, -0.2) is 4.39 Å². The fourth-order valence-electron chi connectivity index (χ4n) is 0.761. The lowest BCUT2D eigenvalue weighted by atomic mass is 10.2. The van der Waals surface area contributed by atoms with E-state index in [0.717, 1.165) is 0 Å². The Morgan fingerprint density at radius 2 is 2.17 bits per heavy atom. The van der Waals surface area contributed by atoms with Crippen molar-refractivity contribution in [3.05, 3.63) is 0 Å². The van der Waals surface area contributed by atoms with Gasteiger partial charge >= 0.3 is 5.97 Å². The normalized spacial score (nSPS) is 9.83. The first-order valence-corrected chi connectivity index (χ1v) is 4.10. The zero-order valence-electron chi connectivity index (χ0n) is 7.35. The van der Waals surface area contributed by atoms with E-state index in [1.165, 1.54) is 0 Å². The van der Waals surface area contributed by atoms with Gasteiger partial charge in [-0.1, -0.05) is 0 Å². The Hall–Kier alpha value is -0.640. The van der Waals surface area contributed by atoms with Gasteiger partial charge in [0.2, 0.25) is 0 Å². The second-order valence-corrected chi connectivity index (χ2v) is 2.28. The molecule has 0 bridgehead atoms. The maximum atomic E-state index is 11.4. The van der Waals surface area contributed by atoms with Crippen LogP contribution < -0.4 is 0 Å². The molecule has 0 N–H and O–H groups in total. The van der Waals surface area contributed by atoms with Gasteiger partial charge in [-0.15, -0.1) is 0 Å². The molecule has 0 amide bonds. The van der Waals surface area contributed by atoms with Crippen molar-refractivity contribution in [3.63, 3.8) is 0 Å². The summed E-state index contributed by atoms with van der Waals surface area (Å²) in [7, 11) is 0. The first-order valence-electron chi connectivity index (χ1n) is 4.10. The molecule has 0 saturated carbocycles. The van der Waals surface area contributed by atoms with E-state index < -0.39 is 6.86 Å². The summed E-state index contributed by atoms with van der Waals surface area (Å²) in [5.74, 6) is -0.197. The van der Waals surface area contributed by atoms with Gasteiger partial charge in [0, 0.05) is 13.0 Å².